The van der Waals surface area contributed by atoms with Crippen LogP contribution in [0, 0.1) is 11.6 Å². The van der Waals surface area contributed by atoms with Crippen LogP contribution in [0.15, 0.2) is 36.4 Å². The summed E-state index contributed by atoms with van der Waals surface area (Å²) in [7, 11) is 0. The van der Waals surface area contributed by atoms with Gasteiger partial charge in [-0.05, 0) is 24.3 Å². The van der Waals surface area contributed by atoms with E-state index in [2.05, 4.69) is 10.1 Å². The molecule has 128 valence electrons. The van der Waals surface area contributed by atoms with Crippen molar-refractivity contribution in [2.75, 3.05) is 10.6 Å². The van der Waals surface area contributed by atoms with Crippen LogP contribution in [0.4, 0.5) is 38.1 Å². The molecule has 0 unspecified atom stereocenters. The largest absolute Gasteiger partial charge is 0.573 e. The number of halogens is 5. The number of nitrogens with one attached hydrogen (secondary N) is 2. The Balaban J connectivity index is 2.03. The lowest BCUT2D eigenvalue weighted by atomic mass is 10.2. The number of hydrogen-bond donors (Lipinski definition) is 3. The van der Waals surface area contributed by atoms with Gasteiger partial charge in [0.2, 0.25) is 0 Å². The van der Waals surface area contributed by atoms with E-state index in [1.165, 1.54) is 0 Å². The van der Waals surface area contributed by atoms with E-state index in [-0.39, 0.29) is 5.69 Å². The van der Waals surface area contributed by atoms with Gasteiger partial charge in [0.15, 0.2) is 11.6 Å². The SMILES string of the molecule is O=C(Nc1ccc(OC(F)(F)F)cc1)Nc1cc(F)cc(F)c1O. The smallest absolute Gasteiger partial charge is 0.503 e. The molecule has 0 saturated heterocycles. The predicted molar refractivity (Wildman–Crippen MR) is 73.8 cm³/mol. The highest BCUT2D eigenvalue weighted by Crippen LogP contribution is 2.28. The second kappa shape index (κ2) is 6.60. The number of ether oxygens (including phenoxy) is 1. The molecular weight excluding hydrogens is 339 g/mol. The van der Waals surface area contributed by atoms with E-state index in [4.69, 9.17) is 0 Å². The molecule has 0 radical (unpaired) electrons. The Morgan fingerprint density at radius 2 is 1.67 bits per heavy atom. The van der Waals surface area contributed by atoms with E-state index in [9.17, 15) is 31.9 Å². The zero-order valence-electron chi connectivity index (χ0n) is 11.6. The lowest BCUT2D eigenvalue weighted by Crippen LogP contribution is -2.20. The van der Waals surface area contributed by atoms with Gasteiger partial charge in [-0.3, -0.25) is 0 Å². The van der Waals surface area contributed by atoms with Gasteiger partial charge in [-0.25, -0.2) is 13.6 Å². The van der Waals surface area contributed by atoms with E-state index in [0.717, 1.165) is 24.3 Å². The van der Waals surface area contributed by atoms with Gasteiger partial charge < -0.3 is 20.5 Å². The molecule has 3 N–H and O–H groups in total. The number of carbonyl (C=O) groups is 1. The van der Waals surface area contributed by atoms with Crippen molar-refractivity contribution < 1.29 is 36.6 Å². The lowest BCUT2D eigenvalue weighted by Gasteiger charge is -2.11. The summed E-state index contributed by atoms with van der Waals surface area (Å²) in [4.78, 5) is 11.7. The van der Waals surface area contributed by atoms with Crippen molar-refractivity contribution in [3.63, 3.8) is 0 Å². The summed E-state index contributed by atoms with van der Waals surface area (Å²) in [6, 6.07) is 4.31. The molecule has 0 aromatic heterocycles. The van der Waals surface area contributed by atoms with Crippen molar-refractivity contribution in [3.05, 3.63) is 48.0 Å². The first-order valence-corrected chi connectivity index (χ1v) is 6.26. The van der Waals surface area contributed by atoms with Gasteiger partial charge in [0.25, 0.3) is 0 Å². The van der Waals surface area contributed by atoms with Gasteiger partial charge in [-0.2, -0.15) is 0 Å². The summed E-state index contributed by atoms with van der Waals surface area (Å²) in [5.74, 6) is -3.73. The van der Waals surface area contributed by atoms with Crippen LogP contribution in [0.1, 0.15) is 0 Å². The topological polar surface area (TPSA) is 70.6 Å². The Bertz CT molecular complexity index is 747. The van der Waals surface area contributed by atoms with Gasteiger partial charge in [0.05, 0.1) is 5.69 Å². The minimum Gasteiger partial charge on any atom is -0.503 e. The number of benzene rings is 2. The molecule has 2 aromatic carbocycles. The van der Waals surface area contributed by atoms with Crippen molar-refractivity contribution in [1.29, 1.82) is 0 Å². The quantitative estimate of drug-likeness (QED) is 0.575. The standard InChI is InChI=1S/C14H9F5N2O3/c15-7-5-10(16)12(22)11(6-7)21-13(23)20-8-1-3-9(4-2-8)24-14(17,18)19/h1-6,22H,(H2,20,21,23). The molecule has 0 aliphatic carbocycles. The number of carbonyl (C=O) groups excluding carboxylic acids is 1. The van der Waals surface area contributed by atoms with Crippen LogP contribution in [-0.4, -0.2) is 17.5 Å². The van der Waals surface area contributed by atoms with Crippen molar-refractivity contribution in [2.24, 2.45) is 0 Å². The maximum atomic E-state index is 13.1. The normalized spacial score (nSPS) is 11.0. The third-order valence-corrected chi connectivity index (χ3v) is 2.62. The molecule has 2 aromatic rings. The maximum absolute atomic E-state index is 13.1. The Hall–Kier alpha value is -3.04. The van der Waals surface area contributed by atoms with Crippen LogP contribution in [0.2, 0.25) is 0 Å². The summed E-state index contributed by atoms with van der Waals surface area (Å²) in [6.45, 7) is 0. The van der Waals surface area contributed by atoms with Crippen LogP contribution >= 0.6 is 0 Å². The van der Waals surface area contributed by atoms with Crippen LogP contribution < -0.4 is 15.4 Å². The molecule has 2 amide bonds. The van der Waals surface area contributed by atoms with Crippen molar-refractivity contribution in [2.45, 2.75) is 6.36 Å². The number of aromatic hydroxyl groups is 1. The Kier molecular flexibility index (Phi) is 4.77. The fourth-order valence-corrected chi connectivity index (χ4v) is 1.69. The third-order valence-electron chi connectivity index (χ3n) is 2.62. The fourth-order valence-electron chi connectivity index (χ4n) is 1.69. The molecule has 0 fully saturated rings. The monoisotopic (exact) mass is 348 g/mol. The molecule has 0 spiro atoms. The minimum absolute atomic E-state index is 0.0818. The van der Waals surface area contributed by atoms with Gasteiger partial charge in [-0.1, -0.05) is 0 Å². The molecule has 5 nitrogen and oxygen atoms in total. The molecule has 0 aliphatic rings. The van der Waals surface area contributed by atoms with Crippen LogP contribution in [0.5, 0.6) is 11.5 Å². The van der Waals surface area contributed by atoms with Gasteiger partial charge in [0.1, 0.15) is 11.6 Å². The van der Waals surface area contributed by atoms with E-state index < -0.39 is 41.2 Å². The first kappa shape index (κ1) is 17.3. The van der Waals surface area contributed by atoms with Crippen LogP contribution in [0.25, 0.3) is 0 Å². The molecule has 0 atom stereocenters. The highest BCUT2D eigenvalue weighted by atomic mass is 19.4. The summed E-state index contributed by atoms with van der Waals surface area (Å²) in [5, 5.41) is 13.6. The van der Waals surface area contributed by atoms with Crippen LogP contribution in [0.3, 0.4) is 0 Å². The lowest BCUT2D eigenvalue weighted by molar-refractivity contribution is -0.274. The summed E-state index contributed by atoms with van der Waals surface area (Å²) in [5.41, 5.74) is -0.430. The minimum atomic E-state index is -4.84. The van der Waals surface area contributed by atoms with Gasteiger partial charge >= 0.3 is 12.4 Å². The average Bonchev–Trinajstić information content (AvgIpc) is 2.45. The predicted octanol–water partition coefficient (Wildman–Crippen LogP) is 4.21. The first-order valence-electron chi connectivity index (χ1n) is 6.26. The summed E-state index contributed by atoms with van der Waals surface area (Å²) >= 11 is 0. The highest BCUT2D eigenvalue weighted by molar-refractivity contribution is 6.00. The summed E-state index contributed by atoms with van der Waals surface area (Å²) < 4.78 is 65.9. The average molecular weight is 348 g/mol. The van der Waals surface area contributed by atoms with Crippen molar-refractivity contribution in [1.82, 2.24) is 0 Å². The number of phenols is 1. The van der Waals surface area contributed by atoms with E-state index in [1.807, 2.05) is 5.32 Å². The molecule has 24 heavy (non-hydrogen) atoms. The molecule has 0 heterocycles. The van der Waals surface area contributed by atoms with Crippen LogP contribution in [-0.2, 0) is 0 Å². The zero-order chi connectivity index (χ0) is 17.9. The third kappa shape index (κ3) is 4.73. The molecule has 0 saturated carbocycles. The number of hydrogen-bond acceptors (Lipinski definition) is 3. The Morgan fingerprint density at radius 3 is 2.25 bits per heavy atom. The number of rotatable bonds is 3. The van der Waals surface area contributed by atoms with Crippen molar-refractivity contribution >= 4 is 17.4 Å². The number of amides is 2. The highest BCUT2D eigenvalue weighted by Gasteiger charge is 2.30. The number of phenolic OH excluding ortho intramolecular Hbond substituents is 1. The molecular formula is C14H9F5N2O3. The number of alkyl halides is 3. The van der Waals surface area contributed by atoms with Crippen molar-refractivity contribution in [3.8, 4) is 11.5 Å². The molecule has 2 rings (SSSR count). The summed E-state index contributed by atoms with van der Waals surface area (Å²) in [6.07, 6.45) is -4.84. The van der Waals surface area contributed by atoms with Gasteiger partial charge in [0, 0.05) is 17.8 Å². The van der Waals surface area contributed by atoms with E-state index in [0.29, 0.717) is 12.1 Å². The van der Waals surface area contributed by atoms with E-state index >= 15 is 0 Å². The zero-order valence-corrected chi connectivity index (χ0v) is 11.6. The number of urea groups is 1. The molecule has 10 heteroatoms. The maximum Gasteiger partial charge on any atom is 0.573 e. The van der Waals surface area contributed by atoms with Gasteiger partial charge in [-0.15, -0.1) is 13.2 Å². The Labute approximate surface area is 131 Å². The molecule has 0 bridgehead atoms. The van der Waals surface area contributed by atoms with E-state index in [1.54, 1.807) is 0 Å². The number of anilines is 2. The fraction of sp³-hybridized carbons (Fsp3) is 0.0714. The second-order valence-corrected chi connectivity index (χ2v) is 4.44. The second-order valence-electron chi connectivity index (χ2n) is 4.44. The molecule has 0 aliphatic heterocycles. The first-order chi connectivity index (χ1) is 11.1. The Morgan fingerprint density at radius 1 is 1.04 bits per heavy atom.